The van der Waals surface area contributed by atoms with E-state index in [0.717, 1.165) is 17.3 Å². The number of rotatable bonds is 7. The summed E-state index contributed by atoms with van der Waals surface area (Å²) < 4.78 is 5.24. The molecule has 1 atom stereocenters. The zero-order valence-corrected chi connectivity index (χ0v) is 17.2. The summed E-state index contributed by atoms with van der Waals surface area (Å²) in [5, 5.41) is 13.0. The van der Waals surface area contributed by atoms with E-state index in [4.69, 9.17) is 4.74 Å². The van der Waals surface area contributed by atoms with Gasteiger partial charge in [-0.05, 0) is 31.2 Å². The van der Waals surface area contributed by atoms with Gasteiger partial charge in [-0.2, -0.15) is 5.10 Å². The Morgan fingerprint density at radius 2 is 2.03 bits per heavy atom. The van der Waals surface area contributed by atoms with Gasteiger partial charge in [-0.1, -0.05) is 36.0 Å². The number of nitrogens with one attached hydrogen (secondary N) is 2. The van der Waals surface area contributed by atoms with Crippen molar-refractivity contribution < 1.29 is 19.1 Å². The minimum absolute atomic E-state index is 0.0317. The van der Waals surface area contributed by atoms with E-state index in [1.807, 2.05) is 18.2 Å². The van der Waals surface area contributed by atoms with Crippen LogP contribution in [0.3, 0.4) is 0 Å². The Morgan fingerprint density at radius 3 is 2.80 bits per heavy atom. The molecule has 0 saturated carbocycles. The number of carbonyl (C=O) groups is 3. The molecule has 2 aromatic rings. The normalized spacial score (nSPS) is 17.2. The molecule has 1 unspecified atom stereocenters. The lowest BCUT2D eigenvalue weighted by Crippen LogP contribution is -2.28. The molecular weight excluding hydrogens is 404 g/mol. The molecule has 1 heterocycles. The standard InChI is InChI=1S/C21H20N4O4S/c1-13(26)14-7-5-8-16(10-14)23-19(27)11-18-20(28)24-21(30-18)25-22-12-15-6-3-4-9-17(15)29-2/h3-10,12,18H,11H2,1-2H3,(H,23,27)(H,24,25,28)/b22-12+. The summed E-state index contributed by atoms with van der Waals surface area (Å²) in [6.45, 7) is 1.46. The molecule has 2 amide bonds. The SMILES string of the molecule is COc1ccccc1/C=N/N=C1/NC(=O)C(CC(=O)Nc2cccc(C(C)=O)c2)S1. The number of hydrogen-bond acceptors (Lipinski definition) is 7. The third kappa shape index (κ3) is 5.54. The molecule has 2 aromatic carbocycles. The molecule has 1 aliphatic heterocycles. The van der Waals surface area contributed by atoms with Crippen LogP contribution in [0.4, 0.5) is 5.69 Å². The zero-order chi connectivity index (χ0) is 21.5. The summed E-state index contributed by atoms with van der Waals surface area (Å²) in [6, 6.07) is 14.0. The number of amides is 2. The Kier molecular flexibility index (Phi) is 6.97. The van der Waals surface area contributed by atoms with Gasteiger partial charge in [0, 0.05) is 23.2 Å². The Balaban J connectivity index is 1.58. The van der Waals surface area contributed by atoms with Gasteiger partial charge in [0.25, 0.3) is 0 Å². The largest absolute Gasteiger partial charge is 0.496 e. The van der Waals surface area contributed by atoms with Crippen molar-refractivity contribution in [3.05, 3.63) is 59.7 Å². The fraction of sp³-hybridized carbons (Fsp3) is 0.190. The van der Waals surface area contributed by atoms with Crippen LogP contribution in [0, 0.1) is 0 Å². The third-order valence-corrected chi connectivity index (χ3v) is 5.26. The number of hydrogen-bond donors (Lipinski definition) is 2. The number of methoxy groups -OCH3 is 1. The maximum absolute atomic E-state index is 12.3. The highest BCUT2D eigenvalue weighted by molar-refractivity contribution is 8.15. The average Bonchev–Trinajstić information content (AvgIpc) is 3.07. The topological polar surface area (TPSA) is 109 Å². The van der Waals surface area contributed by atoms with Gasteiger partial charge in [-0.25, -0.2) is 0 Å². The summed E-state index contributed by atoms with van der Waals surface area (Å²) in [4.78, 5) is 35.9. The first kappa shape index (κ1) is 21.3. The van der Waals surface area contributed by atoms with Gasteiger partial charge in [0.15, 0.2) is 11.0 Å². The molecule has 0 aromatic heterocycles. The molecule has 0 spiro atoms. The Bertz CT molecular complexity index is 1040. The lowest BCUT2D eigenvalue weighted by Gasteiger charge is -2.08. The summed E-state index contributed by atoms with van der Waals surface area (Å²) in [5.41, 5.74) is 1.76. The van der Waals surface area contributed by atoms with E-state index >= 15 is 0 Å². The predicted octanol–water partition coefficient (Wildman–Crippen LogP) is 2.85. The van der Waals surface area contributed by atoms with Crippen LogP contribution < -0.4 is 15.4 Å². The average molecular weight is 424 g/mol. The summed E-state index contributed by atoms with van der Waals surface area (Å²) in [5.74, 6) is -0.0692. The first-order valence-corrected chi connectivity index (χ1v) is 9.96. The quantitative estimate of drug-likeness (QED) is 0.404. The van der Waals surface area contributed by atoms with Crippen LogP contribution in [0.1, 0.15) is 29.3 Å². The highest BCUT2D eigenvalue weighted by atomic mass is 32.2. The molecule has 30 heavy (non-hydrogen) atoms. The fourth-order valence-electron chi connectivity index (χ4n) is 2.70. The predicted molar refractivity (Wildman–Crippen MR) is 117 cm³/mol. The number of amidine groups is 1. The second-order valence-corrected chi connectivity index (χ2v) is 7.57. The molecule has 0 aliphatic carbocycles. The lowest BCUT2D eigenvalue weighted by molar-refractivity contribution is -0.122. The summed E-state index contributed by atoms with van der Waals surface area (Å²) in [6.07, 6.45) is 1.50. The molecule has 0 radical (unpaired) electrons. The van der Waals surface area contributed by atoms with Crippen molar-refractivity contribution in [3.8, 4) is 5.75 Å². The monoisotopic (exact) mass is 424 g/mol. The highest BCUT2D eigenvalue weighted by Crippen LogP contribution is 2.23. The van der Waals surface area contributed by atoms with Crippen LogP contribution in [-0.2, 0) is 9.59 Å². The van der Waals surface area contributed by atoms with E-state index in [-0.39, 0.29) is 24.0 Å². The number of carbonyl (C=O) groups excluding carboxylic acids is 3. The summed E-state index contributed by atoms with van der Waals surface area (Å²) >= 11 is 1.14. The van der Waals surface area contributed by atoms with Crippen molar-refractivity contribution in [3.63, 3.8) is 0 Å². The number of thioether (sulfide) groups is 1. The van der Waals surface area contributed by atoms with E-state index in [9.17, 15) is 14.4 Å². The number of benzene rings is 2. The fourth-order valence-corrected chi connectivity index (χ4v) is 3.62. The molecule has 0 bridgehead atoms. The van der Waals surface area contributed by atoms with Gasteiger partial charge in [0.05, 0.1) is 13.3 Å². The van der Waals surface area contributed by atoms with E-state index < -0.39 is 5.25 Å². The Morgan fingerprint density at radius 1 is 1.23 bits per heavy atom. The van der Waals surface area contributed by atoms with Crippen LogP contribution in [0.25, 0.3) is 0 Å². The molecule has 3 rings (SSSR count). The Labute approximate surface area is 177 Å². The van der Waals surface area contributed by atoms with Gasteiger partial charge >= 0.3 is 0 Å². The lowest BCUT2D eigenvalue weighted by atomic mass is 10.1. The maximum Gasteiger partial charge on any atom is 0.240 e. The molecule has 1 saturated heterocycles. The van der Waals surface area contributed by atoms with E-state index in [0.29, 0.717) is 22.2 Å². The van der Waals surface area contributed by atoms with E-state index in [2.05, 4.69) is 20.8 Å². The van der Waals surface area contributed by atoms with E-state index in [1.165, 1.54) is 13.1 Å². The number of para-hydroxylation sites is 1. The highest BCUT2D eigenvalue weighted by Gasteiger charge is 2.32. The third-order valence-electron chi connectivity index (χ3n) is 4.18. The van der Waals surface area contributed by atoms with Crippen molar-refractivity contribution in [1.82, 2.24) is 5.32 Å². The second kappa shape index (κ2) is 9.84. The van der Waals surface area contributed by atoms with Crippen LogP contribution in [0.15, 0.2) is 58.7 Å². The minimum atomic E-state index is -0.610. The number of anilines is 1. The van der Waals surface area contributed by atoms with Gasteiger partial charge in [-0.15, -0.1) is 5.10 Å². The molecule has 8 nitrogen and oxygen atoms in total. The first-order valence-electron chi connectivity index (χ1n) is 9.08. The van der Waals surface area contributed by atoms with Crippen LogP contribution in [0.5, 0.6) is 5.75 Å². The van der Waals surface area contributed by atoms with Crippen LogP contribution in [0.2, 0.25) is 0 Å². The van der Waals surface area contributed by atoms with Crippen molar-refractivity contribution in [2.45, 2.75) is 18.6 Å². The smallest absolute Gasteiger partial charge is 0.240 e. The Hall–Kier alpha value is -3.46. The molecular formula is C21H20N4O4S. The van der Waals surface area contributed by atoms with Crippen LogP contribution in [-0.4, -0.2) is 41.3 Å². The molecule has 9 heteroatoms. The zero-order valence-electron chi connectivity index (χ0n) is 16.4. The number of Topliss-reactive ketones (excluding diaryl/α,β-unsaturated/α-hetero) is 1. The number of nitrogens with zero attached hydrogens (tertiary/aromatic N) is 2. The van der Waals surface area contributed by atoms with E-state index in [1.54, 1.807) is 37.4 Å². The van der Waals surface area contributed by atoms with Gasteiger partial charge in [-0.3, -0.25) is 14.4 Å². The number of ketones is 1. The molecule has 1 aliphatic rings. The summed E-state index contributed by atoms with van der Waals surface area (Å²) in [7, 11) is 1.57. The van der Waals surface area contributed by atoms with Crippen molar-refractivity contribution >= 4 is 46.4 Å². The minimum Gasteiger partial charge on any atom is -0.496 e. The molecule has 154 valence electrons. The van der Waals surface area contributed by atoms with Gasteiger partial charge in [0.1, 0.15) is 11.0 Å². The van der Waals surface area contributed by atoms with Gasteiger partial charge < -0.3 is 15.4 Å². The molecule has 1 fully saturated rings. The van der Waals surface area contributed by atoms with Crippen molar-refractivity contribution in [2.24, 2.45) is 10.2 Å². The first-order chi connectivity index (χ1) is 14.5. The van der Waals surface area contributed by atoms with Crippen molar-refractivity contribution in [1.29, 1.82) is 0 Å². The number of ether oxygens (including phenoxy) is 1. The maximum atomic E-state index is 12.3. The van der Waals surface area contributed by atoms with Crippen LogP contribution >= 0.6 is 11.8 Å². The van der Waals surface area contributed by atoms with Crippen molar-refractivity contribution in [2.75, 3.05) is 12.4 Å². The van der Waals surface area contributed by atoms with Gasteiger partial charge in [0.2, 0.25) is 11.8 Å². The molecule has 2 N–H and O–H groups in total. The second-order valence-electron chi connectivity index (χ2n) is 6.38.